The summed E-state index contributed by atoms with van der Waals surface area (Å²) in [5.74, 6) is 0.00188. The first-order valence-electron chi connectivity index (χ1n) is 6.62. The van der Waals surface area contributed by atoms with Crippen molar-refractivity contribution in [1.82, 2.24) is 10.6 Å². The lowest BCUT2D eigenvalue weighted by atomic mass is 10.1. The van der Waals surface area contributed by atoms with E-state index in [0.29, 0.717) is 18.7 Å². The van der Waals surface area contributed by atoms with Crippen molar-refractivity contribution in [3.05, 3.63) is 59.2 Å². The molecular weight excluding hydrogens is 268 g/mol. The van der Waals surface area contributed by atoms with E-state index in [2.05, 4.69) is 10.6 Å². The Morgan fingerprint density at radius 2 is 1.76 bits per heavy atom. The van der Waals surface area contributed by atoms with E-state index < -0.39 is 0 Å². The van der Waals surface area contributed by atoms with E-state index in [4.69, 9.17) is 0 Å². The number of phenolic OH excluding ortho intramolecular Hbond substituents is 2. The van der Waals surface area contributed by atoms with Gasteiger partial charge in [-0.2, -0.15) is 0 Å². The number of nitrogens with one attached hydrogen (secondary N) is 2. The minimum atomic E-state index is -0.108. The van der Waals surface area contributed by atoms with Gasteiger partial charge >= 0.3 is 0 Å². The maximum atomic E-state index is 11.4. The van der Waals surface area contributed by atoms with Gasteiger partial charge < -0.3 is 20.8 Å². The zero-order valence-corrected chi connectivity index (χ0v) is 11.8. The molecule has 2 aromatic rings. The van der Waals surface area contributed by atoms with Gasteiger partial charge in [-0.05, 0) is 23.8 Å². The maximum absolute atomic E-state index is 11.4. The fourth-order valence-electron chi connectivity index (χ4n) is 1.96. The summed E-state index contributed by atoms with van der Waals surface area (Å²) >= 11 is 0. The summed E-state index contributed by atoms with van der Waals surface area (Å²) in [5, 5.41) is 24.7. The highest BCUT2D eigenvalue weighted by molar-refractivity contribution is 5.93. The number of amides is 1. The average molecular weight is 286 g/mol. The first-order chi connectivity index (χ1) is 10.1. The highest BCUT2D eigenvalue weighted by atomic mass is 16.3. The molecule has 1 amide bonds. The summed E-state index contributed by atoms with van der Waals surface area (Å²) in [5.41, 5.74) is 2.38. The number of carbonyl (C=O) groups is 1. The van der Waals surface area contributed by atoms with Crippen molar-refractivity contribution in [2.75, 3.05) is 7.05 Å². The molecule has 0 heterocycles. The molecule has 4 N–H and O–H groups in total. The zero-order valence-electron chi connectivity index (χ0n) is 11.8. The molecule has 0 saturated carbocycles. The SMILES string of the molecule is CNC(=O)c1ccc(CNCc2ccc(O)cc2O)cc1. The minimum Gasteiger partial charge on any atom is -0.508 e. The molecule has 0 aliphatic heterocycles. The molecular formula is C16H18N2O3. The largest absolute Gasteiger partial charge is 0.508 e. The predicted octanol–water partition coefficient (Wildman–Crippen LogP) is 1.75. The Labute approximate surface area is 123 Å². The lowest BCUT2D eigenvalue weighted by molar-refractivity contribution is 0.0963. The van der Waals surface area contributed by atoms with Crippen molar-refractivity contribution in [1.29, 1.82) is 0 Å². The lowest BCUT2D eigenvalue weighted by Gasteiger charge is -2.08. The van der Waals surface area contributed by atoms with Crippen LogP contribution in [0.15, 0.2) is 42.5 Å². The van der Waals surface area contributed by atoms with E-state index in [9.17, 15) is 15.0 Å². The molecule has 0 aliphatic carbocycles. The van der Waals surface area contributed by atoms with Crippen molar-refractivity contribution in [2.24, 2.45) is 0 Å². The van der Waals surface area contributed by atoms with Crippen LogP contribution in [-0.4, -0.2) is 23.2 Å². The van der Waals surface area contributed by atoms with Crippen LogP contribution in [0.5, 0.6) is 11.5 Å². The Morgan fingerprint density at radius 1 is 1.05 bits per heavy atom. The number of hydrogen-bond donors (Lipinski definition) is 4. The topological polar surface area (TPSA) is 81.6 Å². The van der Waals surface area contributed by atoms with Crippen molar-refractivity contribution in [2.45, 2.75) is 13.1 Å². The second kappa shape index (κ2) is 6.76. The normalized spacial score (nSPS) is 10.3. The number of phenols is 2. The number of rotatable bonds is 5. The summed E-state index contributed by atoms with van der Waals surface area (Å²) < 4.78 is 0. The summed E-state index contributed by atoms with van der Waals surface area (Å²) in [6.45, 7) is 1.11. The number of carbonyl (C=O) groups excluding carboxylic acids is 1. The predicted molar refractivity (Wildman–Crippen MR) is 80.1 cm³/mol. The monoisotopic (exact) mass is 286 g/mol. The smallest absolute Gasteiger partial charge is 0.251 e. The van der Waals surface area contributed by atoms with E-state index in [0.717, 1.165) is 11.1 Å². The van der Waals surface area contributed by atoms with E-state index >= 15 is 0 Å². The van der Waals surface area contributed by atoms with Crippen LogP contribution in [-0.2, 0) is 13.1 Å². The third-order valence-corrected chi connectivity index (χ3v) is 3.16. The Kier molecular flexibility index (Phi) is 4.79. The maximum Gasteiger partial charge on any atom is 0.251 e. The fourth-order valence-corrected chi connectivity index (χ4v) is 1.96. The van der Waals surface area contributed by atoms with Crippen LogP contribution in [0.2, 0.25) is 0 Å². The van der Waals surface area contributed by atoms with Crippen molar-refractivity contribution in [3.8, 4) is 11.5 Å². The van der Waals surface area contributed by atoms with Gasteiger partial charge in [-0.3, -0.25) is 4.79 Å². The number of benzene rings is 2. The second-order valence-electron chi connectivity index (χ2n) is 4.69. The van der Waals surface area contributed by atoms with E-state index in [-0.39, 0.29) is 17.4 Å². The van der Waals surface area contributed by atoms with Crippen molar-refractivity contribution < 1.29 is 15.0 Å². The quantitative estimate of drug-likeness (QED) is 0.675. The van der Waals surface area contributed by atoms with E-state index in [1.165, 1.54) is 12.1 Å². The Hall–Kier alpha value is -2.53. The fraction of sp³-hybridized carbons (Fsp3) is 0.188. The van der Waals surface area contributed by atoms with Gasteiger partial charge in [0.15, 0.2) is 0 Å². The van der Waals surface area contributed by atoms with Gasteiger partial charge in [0.1, 0.15) is 11.5 Å². The van der Waals surface area contributed by atoms with E-state index in [1.54, 1.807) is 25.2 Å². The molecule has 0 radical (unpaired) electrons. The van der Waals surface area contributed by atoms with Crippen LogP contribution in [0.25, 0.3) is 0 Å². The summed E-state index contributed by atoms with van der Waals surface area (Å²) in [4.78, 5) is 11.4. The molecule has 2 rings (SSSR count). The molecule has 0 unspecified atom stereocenters. The van der Waals surface area contributed by atoms with Crippen LogP contribution in [0.1, 0.15) is 21.5 Å². The Bertz CT molecular complexity index is 624. The molecule has 0 aromatic heterocycles. The molecule has 2 aromatic carbocycles. The third kappa shape index (κ3) is 3.97. The third-order valence-electron chi connectivity index (χ3n) is 3.16. The molecule has 0 bridgehead atoms. The zero-order chi connectivity index (χ0) is 15.2. The van der Waals surface area contributed by atoms with Gasteiger partial charge in [0, 0.05) is 37.3 Å². The Balaban J connectivity index is 1.90. The molecule has 5 heteroatoms. The van der Waals surface area contributed by atoms with Gasteiger partial charge in [0.2, 0.25) is 0 Å². The summed E-state index contributed by atoms with van der Waals surface area (Å²) in [7, 11) is 1.60. The molecule has 5 nitrogen and oxygen atoms in total. The molecule has 0 spiro atoms. The second-order valence-corrected chi connectivity index (χ2v) is 4.69. The van der Waals surface area contributed by atoms with Crippen LogP contribution in [0.4, 0.5) is 0 Å². The number of aromatic hydroxyl groups is 2. The van der Waals surface area contributed by atoms with Gasteiger partial charge in [-0.15, -0.1) is 0 Å². The van der Waals surface area contributed by atoms with Gasteiger partial charge in [0.25, 0.3) is 5.91 Å². The van der Waals surface area contributed by atoms with Crippen LogP contribution in [0, 0.1) is 0 Å². The average Bonchev–Trinajstić information content (AvgIpc) is 2.49. The number of hydrogen-bond acceptors (Lipinski definition) is 4. The highest BCUT2D eigenvalue weighted by Crippen LogP contribution is 2.22. The first-order valence-corrected chi connectivity index (χ1v) is 6.62. The van der Waals surface area contributed by atoms with Gasteiger partial charge in [0.05, 0.1) is 0 Å². The molecule has 21 heavy (non-hydrogen) atoms. The molecule has 110 valence electrons. The molecule has 0 atom stereocenters. The lowest BCUT2D eigenvalue weighted by Crippen LogP contribution is -2.18. The van der Waals surface area contributed by atoms with Crippen LogP contribution in [0.3, 0.4) is 0 Å². The molecule has 0 aliphatic rings. The van der Waals surface area contributed by atoms with Crippen LogP contribution >= 0.6 is 0 Å². The first kappa shape index (κ1) is 14.9. The Morgan fingerprint density at radius 3 is 2.38 bits per heavy atom. The van der Waals surface area contributed by atoms with Gasteiger partial charge in [-0.25, -0.2) is 0 Å². The molecule has 0 saturated heterocycles. The van der Waals surface area contributed by atoms with Crippen molar-refractivity contribution >= 4 is 5.91 Å². The summed E-state index contributed by atoms with van der Waals surface area (Å²) in [6, 6.07) is 11.8. The van der Waals surface area contributed by atoms with Gasteiger partial charge in [-0.1, -0.05) is 18.2 Å². The highest BCUT2D eigenvalue weighted by Gasteiger charge is 2.04. The van der Waals surface area contributed by atoms with Crippen LogP contribution < -0.4 is 10.6 Å². The van der Waals surface area contributed by atoms with E-state index in [1.807, 2.05) is 12.1 Å². The standard InChI is InChI=1S/C16H18N2O3/c1-17-16(21)12-4-2-11(3-5-12)9-18-10-13-6-7-14(19)8-15(13)20/h2-8,18-20H,9-10H2,1H3,(H,17,21). The minimum absolute atomic E-state index is 0.0426. The molecule has 0 fully saturated rings. The summed E-state index contributed by atoms with van der Waals surface area (Å²) in [6.07, 6.45) is 0. The van der Waals surface area contributed by atoms with Crippen molar-refractivity contribution in [3.63, 3.8) is 0 Å².